The molecule has 5 nitrogen and oxygen atoms in total. The molecule has 2 fully saturated rings. The molecule has 0 radical (unpaired) electrons. The topological polar surface area (TPSA) is 74.7 Å². The average Bonchev–Trinajstić information content (AvgIpc) is 2.95. The van der Waals surface area contributed by atoms with Crippen LogP contribution in [0.3, 0.4) is 0 Å². The Hall–Kier alpha value is -1.78. The predicted molar refractivity (Wildman–Crippen MR) is 79.1 cm³/mol. The molecule has 1 aliphatic carbocycles. The van der Waals surface area contributed by atoms with Gasteiger partial charge in [-0.1, -0.05) is 18.0 Å². The number of hydrogen-bond acceptors (Lipinski definition) is 4. The number of anilines is 1. The molecule has 0 bridgehead atoms. The molecule has 1 aromatic rings. The molecule has 3 N–H and O–H groups in total. The second-order valence-electron chi connectivity index (χ2n) is 6.08. The molecule has 1 saturated heterocycles. The molecule has 1 aliphatic heterocycles. The van der Waals surface area contributed by atoms with Crippen LogP contribution < -0.4 is 10.6 Å². The normalized spacial score (nSPS) is 22.4. The van der Waals surface area contributed by atoms with E-state index in [1.54, 1.807) is 6.20 Å². The van der Waals surface area contributed by atoms with Gasteiger partial charge in [0.2, 0.25) is 0 Å². The smallest absolute Gasteiger partial charge is 0.188 e. The summed E-state index contributed by atoms with van der Waals surface area (Å²) in [5.41, 5.74) is 7.88. The van der Waals surface area contributed by atoms with Gasteiger partial charge in [-0.2, -0.15) is 0 Å². The largest absolute Gasteiger partial charge is 0.409 e. The van der Waals surface area contributed by atoms with E-state index < -0.39 is 0 Å². The molecular formula is C15H22N4O. The lowest BCUT2D eigenvalue weighted by Gasteiger charge is -2.40. The molecule has 3 rings (SSSR count). The van der Waals surface area contributed by atoms with Crippen LogP contribution in [-0.4, -0.2) is 29.1 Å². The first-order chi connectivity index (χ1) is 9.72. The van der Waals surface area contributed by atoms with E-state index in [1.807, 2.05) is 12.1 Å². The number of piperidine rings is 1. The molecule has 0 amide bonds. The third-order valence-electron chi connectivity index (χ3n) is 4.97. The Morgan fingerprint density at radius 3 is 2.60 bits per heavy atom. The molecule has 0 atom stereocenters. The Morgan fingerprint density at radius 2 is 1.95 bits per heavy atom. The zero-order chi connectivity index (χ0) is 14.0. The van der Waals surface area contributed by atoms with Gasteiger partial charge in [-0.15, -0.1) is 0 Å². The average molecular weight is 274 g/mol. The maximum Gasteiger partial charge on any atom is 0.188 e. The van der Waals surface area contributed by atoms with E-state index in [4.69, 9.17) is 10.9 Å². The maximum absolute atomic E-state index is 8.74. The van der Waals surface area contributed by atoms with Crippen LogP contribution in [0.5, 0.6) is 0 Å². The van der Waals surface area contributed by atoms with Gasteiger partial charge in [0.1, 0.15) is 5.69 Å². The lowest BCUT2D eigenvalue weighted by Crippen LogP contribution is -2.39. The van der Waals surface area contributed by atoms with Crippen LogP contribution in [0.4, 0.5) is 5.69 Å². The number of pyridine rings is 1. The fraction of sp³-hybridized carbons (Fsp3) is 0.600. The molecular weight excluding hydrogens is 252 g/mol. The van der Waals surface area contributed by atoms with Crippen LogP contribution in [0, 0.1) is 5.41 Å². The van der Waals surface area contributed by atoms with Crippen LogP contribution in [0.15, 0.2) is 23.5 Å². The van der Waals surface area contributed by atoms with Crippen LogP contribution in [0.25, 0.3) is 0 Å². The Kier molecular flexibility index (Phi) is 3.51. The van der Waals surface area contributed by atoms with E-state index in [0.29, 0.717) is 11.1 Å². The number of amidine groups is 1. The van der Waals surface area contributed by atoms with Crippen molar-refractivity contribution in [2.75, 3.05) is 18.0 Å². The molecule has 0 aromatic carbocycles. The summed E-state index contributed by atoms with van der Waals surface area (Å²) in [6, 6.07) is 3.91. The van der Waals surface area contributed by atoms with Crippen LogP contribution >= 0.6 is 0 Å². The first-order valence-electron chi connectivity index (χ1n) is 7.41. The van der Waals surface area contributed by atoms with Gasteiger partial charge < -0.3 is 15.8 Å². The van der Waals surface area contributed by atoms with Gasteiger partial charge in [0.15, 0.2) is 5.84 Å². The summed E-state index contributed by atoms with van der Waals surface area (Å²) in [5.74, 6) is 0.0659. The number of oxime groups is 1. The molecule has 0 unspecified atom stereocenters. The van der Waals surface area contributed by atoms with Crippen molar-refractivity contribution in [3.8, 4) is 0 Å². The molecule has 2 heterocycles. The van der Waals surface area contributed by atoms with Crippen molar-refractivity contribution in [3.63, 3.8) is 0 Å². The predicted octanol–water partition coefficient (Wildman–Crippen LogP) is 2.34. The van der Waals surface area contributed by atoms with E-state index in [2.05, 4.69) is 15.0 Å². The Bertz CT molecular complexity index is 498. The monoisotopic (exact) mass is 274 g/mol. The Morgan fingerprint density at radius 1 is 1.25 bits per heavy atom. The van der Waals surface area contributed by atoms with E-state index >= 15 is 0 Å². The highest BCUT2D eigenvalue weighted by Crippen LogP contribution is 2.46. The van der Waals surface area contributed by atoms with Crippen LogP contribution in [0.1, 0.15) is 44.2 Å². The van der Waals surface area contributed by atoms with E-state index in [0.717, 1.165) is 18.8 Å². The SMILES string of the molecule is NC(=NO)c1cc(N2CCC3(CCCC3)CC2)ccn1. The summed E-state index contributed by atoms with van der Waals surface area (Å²) in [5, 5.41) is 11.8. The van der Waals surface area contributed by atoms with Gasteiger partial charge in [-0.25, -0.2) is 0 Å². The minimum atomic E-state index is 0.0659. The highest BCUT2D eigenvalue weighted by Gasteiger charge is 2.36. The van der Waals surface area contributed by atoms with Gasteiger partial charge in [-0.05, 0) is 43.2 Å². The Balaban J connectivity index is 1.71. The zero-order valence-corrected chi connectivity index (χ0v) is 11.8. The summed E-state index contributed by atoms with van der Waals surface area (Å²) in [6.07, 6.45) is 9.93. The minimum Gasteiger partial charge on any atom is -0.409 e. The van der Waals surface area contributed by atoms with Gasteiger partial charge >= 0.3 is 0 Å². The van der Waals surface area contributed by atoms with Gasteiger partial charge in [0, 0.05) is 25.0 Å². The minimum absolute atomic E-state index is 0.0659. The second kappa shape index (κ2) is 5.31. The number of nitrogens with two attached hydrogens (primary N) is 1. The standard InChI is InChI=1S/C15H22N4O/c16-14(18-20)13-11-12(3-8-17-13)19-9-6-15(7-10-19)4-1-2-5-15/h3,8,11,20H,1-2,4-7,9-10H2,(H2,16,18). The van der Waals surface area contributed by atoms with Crippen molar-refractivity contribution in [2.24, 2.45) is 16.3 Å². The Labute approximate surface area is 119 Å². The summed E-state index contributed by atoms with van der Waals surface area (Å²) in [7, 11) is 0. The fourth-order valence-electron chi connectivity index (χ4n) is 3.67. The summed E-state index contributed by atoms with van der Waals surface area (Å²) < 4.78 is 0. The molecule has 2 aliphatic rings. The number of nitrogens with zero attached hydrogens (tertiary/aromatic N) is 3. The van der Waals surface area contributed by atoms with Gasteiger partial charge in [0.25, 0.3) is 0 Å². The van der Waals surface area contributed by atoms with Crippen molar-refractivity contribution in [3.05, 3.63) is 24.0 Å². The van der Waals surface area contributed by atoms with E-state index in [1.165, 1.54) is 38.5 Å². The molecule has 1 spiro atoms. The first-order valence-corrected chi connectivity index (χ1v) is 7.41. The molecule has 20 heavy (non-hydrogen) atoms. The van der Waals surface area contributed by atoms with Gasteiger partial charge in [0.05, 0.1) is 0 Å². The lowest BCUT2D eigenvalue weighted by atomic mass is 9.77. The number of aromatic nitrogens is 1. The molecule has 1 aromatic heterocycles. The third-order valence-corrected chi connectivity index (χ3v) is 4.97. The third kappa shape index (κ3) is 2.44. The van der Waals surface area contributed by atoms with Gasteiger partial charge in [-0.3, -0.25) is 4.98 Å². The van der Waals surface area contributed by atoms with Crippen molar-refractivity contribution in [1.82, 2.24) is 4.98 Å². The maximum atomic E-state index is 8.74. The van der Waals surface area contributed by atoms with Crippen molar-refractivity contribution in [2.45, 2.75) is 38.5 Å². The van der Waals surface area contributed by atoms with Crippen molar-refractivity contribution >= 4 is 11.5 Å². The van der Waals surface area contributed by atoms with Crippen LogP contribution in [-0.2, 0) is 0 Å². The van der Waals surface area contributed by atoms with Crippen molar-refractivity contribution in [1.29, 1.82) is 0 Å². The summed E-state index contributed by atoms with van der Waals surface area (Å²) in [4.78, 5) is 6.52. The lowest BCUT2D eigenvalue weighted by molar-refractivity contribution is 0.226. The van der Waals surface area contributed by atoms with Crippen molar-refractivity contribution < 1.29 is 5.21 Å². The molecule has 5 heteroatoms. The van der Waals surface area contributed by atoms with E-state index in [-0.39, 0.29) is 5.84 Å². The van der Waals surface area contributed by atoms with Crippen LogP contribution in [0.2, 0.25) is 0 Å². The number of hydrogen-bond donors (Lipinski definition) is 2. The quantitative estimate of drug-likeness (QED) is 0.376. The van der Waals surface area contributed by atoms with E-state index in [9.17, 15) is 0 Å². The summed E-state index contributed by atoms with van der Waals surface area (Å²) >= 11 is 0. The number of rotatable bonds is 2. The highest BCUT2D eigenvalue weighted by atomic mass is 16.4. The second-order valence-corrected chi connectivity index (χ2v) is 6.08. The molecule has 1 saturated carbocycles. The summed E-state index contributed by atoms with van der Waals surface area (Å²) in [6.45, 7) is 2.19. The zero-order valence-electron chi connectivity index (χ0n) is 11.8. The molecule has 108 valence electrons. The highest BCUT2D eigenvalue weighted by molar-refractivity contribution is 5.95. The fourth-order valence-corrected chi connectivity index (χ4v) is 3.67. The first kappa shape index (κ1) is 13.2.